The highest BCUT2D eigenvalue weighted by Gasteiger charge is 2.30. The molecule has 1 heterocycles. The lowest BCUT2D eigenvalue weighted by molar-refractivity contribution is 0.0916. The Balaban J connectivity index is 0.00000225. The zero-order valence-electron chi connectivity index (χ0n) is 13.9. The van der Waals surface area contributed by atoms with Crippen LogP contribution in [-0.2, 0) is 6.42 Å². The first-order valence-corrected chi connectivity index (χ1v) is 9.26. The molecule has 2 aromatic rings. The maximum absolute atomic E-state index is 14.3. The number of hydrogen-bond acceptors (Lipinski definition) is 4. The number of hydrogen-bond donors (Lipinski definition) is 2. The van der Waals surface area contributed by atoms with Gasteiger partial charge in [-0.3, -0.25) is 4.79 Å². The standard InChI is InChI=1S/C18H22FN3OS.ClH/c19-14-8-4-3-7-13(14)17(12-5-1-2-6-12)22-18(23)15-11-24-16(21-15)9-10-20;/h3-4,7-8,11-12,17H,1-2,5-6,9-10,20H2,(H,22,23);1H. The van der Waals surface area contributed by atoms with E-state index in [1.54, 1.807) is 17.5 Å². The number of aromatic nitrogens is 1. The van der Waals surface area contributed by atoms with E-state index in [-0.39, 0.29) is 36.1 Å². The minimum atomic E-state index is -0.305. The maximum Gasteiger partial charge on any atom is 0.271 e. The predicted molar refractivity (Wildman–Crippen MR) is 101 cm³/mol. The number of amides is 1. The first-order chi connectivity index (χ1) is 11.7. The maximum atomic E-state index is 14.3. The number of rotatable bonds is 6. The largest absolute Gasteiger partial charge is 0.343 e. The topological polar surface area (TPSA) is 68.0 Å². The van der Waals surface area contributed by atoms with Crippen molar-refractivity contribution >= 4 is 29.7 Å². The van der Waals surface area contributed by atoms with Crippen LogP contribution in [0, 0.1) is 11.7 Å². The van der Waals surface area contributed by atoms with Crippen LogP contribution >= 0.6 is 23.7 Å². The van der Waals surface area contributed by atoms with Crippen LogP contribution < -0.4 is 11.1 Å². The summed E-state index contributed by atoms with van der Waals surface area (Å²) < 4.78 is 14.3. The Bertz CT molecular complexity index is 703. The molecule has 0 radical (unpaired) electrons. The van der Waals surface area contributed by atoms with Gasteiger partial charge in [-0.25, -0.2) is 9.37 Å². The molecule has 7 heteroatoms. The summed E-state index contributed by atoms with van der Waals surface area (Å²) >= 11 is 1.43. The molecule has 25 heavy (non-hydrogen) atoms. The Morgan fingerprint density at radius 3 is 2.76 bits per heavy atom. The molecule has 1 aromatic heterocycles. The van der Waals surface area contributed by atoms with Crippen LogP contribution in [0.3, 0.4) is 0 Å². The van der Waals surface area contributed by atoms with Crippen LogP contribution in [-0.4, -0.2) is 17.4 Å². The highest BCUT2D eigenvalue weighted by Crippen LogP contribution is 2.36. The van der Waals surface area contributed by atoms with Gasteiger partial charge < -0.3 is 11.1 Å². The third kappa shape index (κ3) is 4.77. The zero-order chi connectivity index (χ0) is 16.9. The summed E-state index contributed by atoms with van der Waals surface area (Å²) in [6.45, 7) is 0.508. The molecule has 1 amide bonds. The number of nitrogens with two attached hydrogens (primary N) is 1. The Hall–Kier alpha value is -1.50. The normalized spacial score (nSPS) is 15.6. The van der Waals surface area contributed by atoms with Crippen molar-refractivity contribution < 1.29 is 9.18 Å². The van der Waals surface area contributed by atoms with Gasteiger partial charge in [0.1, 0.15) is 11.5 Å². The molecule has 0 saturated heterocycles. The van der Waals surface area contributed by atoms with Crippen molar-refractivity contribution in [2.24, 2.45) is 11.7 Å². The van der Waals surface area contributed by atoms with Crippen molar-refractivity contribution in [3.05, 3.63) is 51.7 Å². The molecule has 1 fully saturated rings. The van der Waals surface area contributed by atoms with Gasteiger partial charge in [0.05, 0.1) is 11.0 Å². The van der Waals surface area contributed by atoms with E-state index in [0.717, 1.165) is 30.7 Å². The summed E-state index contributed by atoms with van der Waals surface area (Å²) in [6.07, 6.45) is 4.94. The third-order valence-corrected chi connectivity index (χ3v) is 5.45. The molecule has 3 N–H and O–H groups in total. The molecule has 4 nitrogen and oxygen atoms in total. The van der Waals surface area contributed by atoms with Gasteiger partial charge in [0.25, 0.3) is 5.91 Å². The molecule has 1 atom stereocenters. The van der Waals surface area contributed by atoms with Crippen LogP contribution in [0.2, 0.25) is 0 Å². The highest BCUT2D eigenvalue weighted by atomic mass is 35.5. The molecule has 0 bridgehead atoms. The van der Waals surface area contributed by atoms with Crippen LogP contribution in [0.4, 0.5) is 4.39 Å². The lowest BCUT2D eigenvalue weighted by Gasteiger charge is -2.25. The second kappa shape index (κ2) is 9.27. The van der Waals surface area contributed by atoms with Gasteiger partial charge in [0.2, 0.25) is 0 Å². The van der Waals surface area contributed by atoms with E-state index in [4.69, 9.17) is 5.73 Å². The van der Waals surface area contributed by atoms with Crippen LogP contribution in [0.25, 0.3) is 0 Å². The van der Waals surface area contributed by atoms with Crippen LogP contribution in [0.5, 0.6) is 0 Å². The fourth-order valence-corrected chi connectivity index (χ4v) is 4.13. The van der Waals surface area contributed by atoms with E-state index in [2.05, 4.69) is 10.3 Å². The first-order valence-electron chi connectivity index (χ1n) is 8.39. The second-order valence-electron chi connectivity index (χ2n) is 6.18. The van der Waals surface area contributed by atoms with E-state index in [1.165, 1.54) is 17.4 Å². The summed E-state index contributed by atoms with van der Waals surface area (Å²) in [6, 6.07) is 6.40. The van der Waals surface area contributed by atoms with Gasteiger partial charge in [-0.1, -0.05) is 31.0 Å². The van der Waals surface area contributed by atoms with E-state index >= 15 is 0 Å². The summed E-state index contributed by atoms with van der Waals surface area (Å²) in [7, 11) is 0. The van der Waals surface area contributed by atoms with Gasteiger partial charge in [0.15, 0.2) is 0 Å². The molecule has 3 rings (SSSR count). The first kappa shape index (κ1) is 19.8. The molecular weight excluding hydrogens is 361 g/mol. The number of halogens is 2. The van der Waals surface area contributed by atoms with Gasteiger partial charge in [0, 0.05) is 17.4 Å². The molecular formula is C18H23ClFN3OS. The Kier molecular flexibility index (Phi) is 7.35. The summed E-state index contributed by atoms with van der Waals surface area (Å²) in [5, 5.41) is 5.62. The van der Waals surface area contributed by atoms with E-state index in [9.17, 15) is 9.18 Å². The molecule has 1 unspecified atom stereocenters. The lowest BCUT2D eigenvalue weighted by atomic mass is 9.91. The van der Waals surface area contributed by atoms with Gasteiger partial charge in [-0.2, -0.15) is 0 Å². The molecule has 1 aliphatic rings. The number of carbonyl (C=O) groups excluding carboxylic acids is 1. The van der Waals surface area contributed by atoms with Gasteiger partial charge in [-0.05, 0) is 31.4 Å². The van der Waals surface area contributed by atoms with E-state index in [0.29, 0.717) is 24.2 Å². The minimum Gasteiger partial charge on any atom is -0.343 e. The Labute approximate surface area is 157 Å². The summed E-state index contributed by atoms with van der Waals surface area (Å²) in [4.78, 5) is 16.9. The van der Waals surface area contributed by atoms with Crippen molar-refractivity contribution in [1.29, 1.82) is 0 Å². The number of nitrogens with zero attached hydrogens (tertiary/aromatic N) is 1. The van der Waals surface area contributed by atoms with Crippen molar-refractivity contribution in [1.82, 2.24) is 10.3 Å². The van der Waals surface area contributed by atoms with Crippen LogP contribution in [0.1, 0.15) is 52.8 Å². The predicted octanol–water partition coefficient (Wildman–Crippen LogP) is 3.87. The summed E-state index contributed by atoms with van der Waals surface area (Å²) in [5.41, 5.74) is 6.48. The van der Waals surface area contributed by atoms with Crippen molar-refractivity contribution in [3.8, 4) is 0 Å². The average Bonchev–Trinajstić information content (AvgIpc) is 3.25. The van der Waals surface area contributed by atoms with E-state index < -0.39 is 0 Å². The molecule has 1 aliphatic carbocycles. The monoisotopic (exact) mass is 383 g/mol. The Morgan fingerprint density at radius 2 is 2.08 bits per heavy atom. The fraction of sp³-hybridized carbons (Fsp3) is 0.444. The minimum absolute atomic E-state index is 0. The lowest BCUT2D eigenvalue weighted by Crippen LogP contribution is -2.33. The quantitative estimate of drug-likeness (QED) is 0.795. The third-order valence-electron chi connectivity index (χ3n) is 4.54. The smallest absolute Gasteiger partial charge is 0.271 e. The average molecular weight is 384 g/mol. The Morgan fingerprint density at radius 1 is 1.36 bits per heavy atom. The molecule has 1 aromatic carbocycles. The molecule has 0 aliphatic heterocycles. The van der Waals surface area contributed by atoms with Crippen molar-refractivity contribution in [3.63, 3.8) is 0 Å². The zero-order valence-corrected chi connectivity index (χ0v) is 15.5. The SMILES string of the molecule is Cl.NCCc1nc(C(=O)NC(c2ccccc2F)C2CCCC2)cs1. The number of thiazole rings is 1. The molecule has 136 valence electrons. The van der Waals surface area contributed by atoms with Crippen LogP contribution in [0.15, 0.2) is 29.6 Å². The fourth-order valence-electron chi connectivity index (χ4n) is 3.34. The van der Waals surface area contributed by atoms with Gasteiger partial charge in [-0.15, -0.1) is 23.7 Å². The number of nitrogens with one attached hydrogen (secondary N) is 1. The number of carbonyl (C=O) groups is 1. The number of benzene rings is 1. The second-order valence-corrected chi connectivity index (χ2v) is 7.12. The highest BCUT2D eigenvalue weighted by molar-refractivity contribution is 7.09. The van der Waals surface area contributed by atoms with Gasteiger partial charge >= 0.3 is 0 Å². The molecule has 1 saturated carbocycles. The van der Waals surface area contributed by atoms with E-state index in [1.807, 2.05) is 6.07 Å². The molecule has 0 spiro atoms. The summed E-state index contributed by atoms with van der Waals surface area (Å²) in [5.74, 6) is -0.237. The van der Waals surface area contributed by atoms with Crippen molar-refractivity contribution in [2.45, 2.75) is 38.1 Å². The van der Waals surface area contributed by atoms with Crippen molar-refractivity contribution in [2.75, 3.05) is 6.54 Å².